The third-order valence-electron chi connectivity index (χ3n) is 2.46. The van der Waals surface area contributed by atoms with Crippen LogP contribution >= 0.6 is 23.2 Å². The molecule has 0 saturated heterocycles. The summed E-state index contributed by atoms with van der Waals surface area (Å²) in [4.78, 5) is 13.1. The molecule has 0 saturated carbocycles. The molecule has 6 heteroatoms. The fraction of sp³-hybridized carbons (Fsp3) is 0.417. The third kappa shape index (κ3) is 3.68. The molecule has 1 N–H and O–H groups in total. The summed E-state index contributed by atoms with van der Waals surface area (Å²) >= 11 is 11.4. The first-order chi connectivity index (χ1) is 8.49. The van der Waals surface area contributed by atoms with E-state index in [1.807, 2.05) is 0 Å². The van der Waals surface area contributed by atoms with E-state index in [0.29, 0.717) is 18.8 Å². The van der Waals surface area contributed by atoms with Crippen LogP contribution < -0.4 is 4.74 Å². The molecule has 0 aliphatic carbocycles. The number of ether oxygens (including phenoxy) is 1. The topological polar surface area (TPSA) is 49.8 Å². The molecule has 0 radical (unpaired) electrons. The first-order valence-corrected chi connectivity index (χ1v) is 6.26. The largest absolute Gasteiger partial charge is 0.503 e. The number of benzene rings is 1. The van der Waals surface area contributed by atoms with Gasteiger partial charge in [-0.05, 0) is 17.7 Å². The minimum atomic E-state index is -0.0994. The summed E-state index contributed by atoms with van der Waals surface area (Å²) < 4.78 is 5.00. The van der Waals surface area contributed by atoms with Gasteiger partial charge >= 0.3 is 0 Å². The summed E-state index contributed by atoms with van der Waals surface area (Å²) in [5, 5.41) is 9.79. The Kier molecular flexibility index (Phi) is 5.56. The number of alkyl halides is 1. The van der Waals surface area contributed by atoms with E-state index in [0.717, 1.165) is 5.56 Å². The molecule has 1 aromatic carbocycles. The molecule has 0 fully saturated rings. The van der Waals surface area contributed by atoms with Crippen molar-refractivity contribution in [2.24, 2.45) is 0 Å². The van der Waals surface area contributed by atoms with Crippen LogP contribution in [0.2, 0.25) is 5.02 Å². The smallest absolute Gasteiger partial charge is 0.223 e. The normalized spacial score (nSPS) is 10.2. The maximum Gasteiger partial charge on any atom is 0.223 e. The van der Waals surface area contributed by atoms with Gasteiger partial charge in [-0.1, -0.05) is 11.6 Å². The predicted octanol–water partition coefficient (Wildman–Crippen LogP) is 2.64. The number of phenolic OH excluding ortho intramolecular Hbond substituents is 1. The zero-order valence-electron chi connectivity index (χ0n) is 10.2. The van der Waals surface area contributed by atoms with Gasteiger partial charge in [-0.25, -0.2) is 0 Å². The Morgan fingerprint density at radius 3 is 2.72 bits per heavy atom. The number of carbonyl (C=O) groups excluding carboxylic acids is 1. The highest BCUT2D eigenvalue weighted by molar-refractivity contribution is 6.32. The van der Waals surface area contributed by atoms with Crippen molar-refractivity contribution in [1.29, 1.82) is 0 Å². The number of hydrogen-bond donors (Lipinski definition) is 1. The minimum Gasteiger partial charge on any atom is -0.503 e. The van der Waals surface area contributed by atoms with Crippen molar-refractivity contribution in [1.82, 2.24) is 4.90 Å². The first-order valence-electron chi connectivity index (χ1n) is 5.35. The van der Waals surface area contributed by atoms with Crippen molar-refractivity contribution < 1.29 is 14.6 Å². The SMILES string of the molecule is COc1cc(CN(C)C(=O)CCCl)cc(Cl)c1O. The van der Waals surface area contributed by atoms with E-state index >= 15 is 0 Å². The molecule has 4 nitrogen and oxygen atoms in total. The van der Waals surface area contributed by atoms with Crippen LogP contribution in [0.25, 0.3) is 0 Å². The van der Waals surface area contributed by atoms with Crippen molar-refractivity contribution in [2.75, 3.05) is 20.0 Å². The van der Waals surface area contributed by atoms with Crippen molar-refractivity contribution >= 4 is 29.1 Å². The second-order valence-corrected chi connectivity index (χ2v) is 4.60. The average Bonchev–Trinajstić information content (AvgIpc) is 2.33. The summed E-state index contributed by atoms with van der Waals surface area (Å²) in [7, 11) is 3.12. The van der Waals surface area contributed by atoms with Gasteiger partial charge in [0.2, 0.25) is 5.91 Å². The Morgan fingerprint density at radius 1 is 1.50 bits per heavy atom. The van der Waals surface area contributed by atoms with Gasteiger partial charge in [0, 0.05) is 25.9 Å². The lowest BCUT2D eigenvalue weighted by Crippen LogP contribution is -2.26. The maximum absolute atomic E-state index is 11.6. The Bertz CT molecular complexity index is 438. The molecule has 0 aliphatic rings. The molecule has 0 atom stereocenters. The standard InChI is InChI=1S/C12H15Cl2NO3/c1-15(11(16)3-4-13)7-8-5-9(14)12(17)10(6-8)18-2/h5-6,17H,3-4,7H2,1-2H3. The van der Waals surface area contributed by atoms with Crippen LogP contribution in [-0.2, 0) is 11.3 Å². The summed E-state index contributed by atoms with van der Waals surface area (Å²) in [5.41, 5.74) is 0.778. The van der Waals surface area contributed by atoms with Crippen molar-refractivity contribution in [3.05, 3.63) is 22.7 Å². The molecule has 0 bridgehead atoms. The van der Waals surface area contributed by atoms with Crippen LogP contribution in [0, 0.1) is 0 Å². The van der Waals surface area contributed by atoms with Gasteiger partial charge in [-0.2, -0.15) is 0 Å². The molecular weight excluding hydrogens is 277 g/mol. The van der Waals surface area contributed by atoms with Gasteiger partial charge in [0.1, 0.15) is 0 Å². The van der Waals surface area contributed by atoms with Gasteiger partial charge in [0.15, 0.2) is 11.5 Å². The maximum atomic E-state index is 11.6. The number of amides is 1. The summed E-state index contributed by atoms with van der Waals surface area (Å²) in [6.07, 6.45) is 0.293. The van der Waals surface area contributed by atoms with Gasteiger partial charge in [-0.3, -0.25) is 4.79 Å². The molecule has 1 rings (SSSR count). The first kappa shape index (κ1) is 14.9. The third-order valence-corrected chi connectivity index (χ3v) is 2.94. The Morgan fingerprint density at radius 2 is 2.17 bits per heavy atom. The molecule has 0 heterocycles. The number of carbonyl (C=O) groups is 1. The van der Waals surface area contributed by atoms with Gasteiger partial charge in [0.25, 0.3) is 0 Å². The van der Waals surface area contributed by atoms with Crippen molar-refractivity contribution in [3.8, 4) is 11.5 Å². The van der Waals surface area contributed by atoms with Gasteiger partial charge < -0.3 is 14.7 Å². The number of nitrogens with zero attached hydrogens (tertiary/aromatic N) is 1. The number of rotatable bonds is 5. The van der Waals surface area contributed by atoms with Crippen molar-refractivity contribution in [2.45, 2.75) is 13.0 Å². The fourth-order valence-electron chi connectivity index (χ4n) is 1.51. The van der Waals surface area contributed by atoms with Crippen LogP contribution in [0.5, 0.6) is 11.5 Å². The molecule has 1 amide bonds. The molecule has 1 aromatic rings. The summed E-state index contributed by atoms with van der Waals surface area (Å²) in [5.74, 6) is 0.435. The summed E-state index contributed by atoms with van der Waals surface area (Å²) in [6, 6.07) is 3.25. The monoisotopic (exact) mass is 291 g/mol. The van der Waals surface area contributed by atoms with Crippen LogP contribution in [0.1, 0.15) is 12.0 Å². The second kappa shape index (κ2) is 6.71. The highest BCUT2D eigenvalue weighted by Gasteiger charge is 2.12. The fourth-order valence-corrected chi connectivity index (χ4v) is 1.90. The Hall–Kier alpha value is -1.13. The molecule has 0 aromatic heterocycles. The number of methoxy groups -OCH3 is 1. The lowest BCUT2D eigenvalue weighted by atomic mass is 10.2. The van der Waals surface area contributed by atoms with E-state index in [-0.39, 0.29) is 22.4 Å². The predicted molar refractivity (Wildman–Crippen MR) is 71.5 cm³/mol. The summed E-state index contributed by atoms with van der Waals surface area (Å²) in [6.45, 7) is 0.381. The average molecular weight is 292 g/mol. The molecule has 0 aliphatic heterocycles. The molecule has 0 unspecified atom stereocenters. The van der Waals surface area contributed by atoms with E-state index in [1.54, 1.807) is 24.1 Å². The van der Waals surface area contributed by atoms with Crippen LogP contribution in [0.4, 0.5) is 0 Å². The number of aromatic hydroxyl groups is 1. The highest BCUT2D eigenvalue weighted by atomic mass is 35.5. The zero-order valence-corrected chi connectivity index (χ0v) is 11.8. The van der Waals surface area contributed by atoms with E-state index in [4.69, 9.17) is 27.9 Å². The minimum absolute atomic E-state index is 0.0480. The van der Waals surface area contributed by atoms with E-state index in [9.17, 15) is 9.90 Å². The lowest BCUT2D eigenvalue weighted by Gasteiger charge is -2.17. The van der Waals surface area contributed by atoms with Crippen LogP contribution in [0.15, 0.2) is 12.1 Å². The van der Waals surface area contributed by atoms with Crippen LogP contribution in [0.3, 0.4) is 0 Å². The lowest BCUT2D eigenvalue weighted by molar-refractivity contribution is -0.129. The van der Waals surface area contributed by atoms with E-state index in [2.05, 4.69) is 0 Å². The van der Waals surface area contributed by atoms with Crippen LogP contribution in [-0.4, -0.2) is 36.0 Å². The molecule has 100 valence electrons. The number of halogens is 2. The van der Waals surface area contributed by atoms with Gasteiger partial charge in [0.05, 0.1) is 12.1 Å². The quantitative estimate of drug-likeness (QED) is 0.849. The number of hydrogen-bond acceptors (Lipinski definition) is 3. The zero-order chi connectivity index (χ0) is 13.7. The second-order valence-electron chi connectivity index (χ2n) is 3.82. The van der Waals surface area contributed by atoms with E-state index in [1.165, 1.54) is 7.11 Å². The van der Waals surface area contributed by atoms with Gasteiger partial charge in [-0.15, -0.1) is 11.6 Å². The molecule has 0 spiro atoms. The number of phenols is 1. The molecular formula is C12H15Cl2NO3. The Balaban J connectivity index is 2.85. The van der Waals surface area contributed by atoms with Crippen molar-refractivity contribution in [3.63, 3.8) is 0 Å². The Labute approximate surface area is 116 Å². The molecule has 18 heavy (non-hydrogen) atoms. The van der Waals surface area contributed by atoms with E-state index < -0.39 is 0 Å². The highest BCUT2D eigenvalue weighted by Crippen LogP contribution is 2.35.